The number of aromatic nitrogens is 1. The van der Waals surface area contributed by atoms with Gasteiger partial charge in [-0.25, -0.2) is 4.39 Å². The highest BCUT2D eigenvalue weighted by Crippen LogP contribution is 2.19. The van der Waals surface area contributed by atoms with Crippen LogP contribution in [0, 0.1) is 17.7 Å². The average Bonchev–Trinajstić information content (AvgIpc) is 3.23. The Labute approximate surface area is 197 Å². The van der Waals surface area contributed by atoms with Crippen molar-refractivity contribution in [2.75, 3.05) is 19.7 Å². The number of carbonyl (C=O) groups is 4. The second kappa shape index (κ2) is 12.8. The van der Waals surface area contributed by atoms with Crippen molar-refractivity contribution in [1.29, 1.82) is 0 Å². The molecule has 1 saturated heterocycles. The van der Waals surface area contributed by atoms with Crippen LogP contribution in [-0.4, -0.2) is 59.3 Å². The Bertz CT molecular complexity index is 1020. The Kier molecular flexibility index (Phi) is 10.2. The van der Waals surface area contributed by atoms with E-state index in [0.29, 0.717) is 18.4 Å². The zero-order chi connectivity index (χ0) is 25.3. The number of H-pyrrole nitrogens is 1. The number of Topliss-reactive ketones (excluding diaryl/α,β-unsaturated/α-hetero) is 1. The lowest BCUT2D eigenvalue weighted by Crippen LogP contribution is -2.49. The van der Waals surface area contributed by atoms with Gasteiger partial charge in [0.25, 0.3) is 5.91 Å². The number of hydrogen-bond donors (Lipinski definition) is 5. The van der Waals surface area contributed by atoms with Crippen LogP contribution in [0.2, 0.25) is 0 Å². The van der Waals surface area contributed by atoms with E-state index in [9.17, 15) is 23.6 Å². The molecule has 0 bridgehead atoms. The second-order valence-electron chi connectivity index (χ2n) is 8.91. The number of halogens is 1. The fourth-order valence-corrected chi connectivity index (χ4v) is 3.47. The number of carbonyl (C=O) groups excluding carboxylic acids is 4. The summed E-state index contributed by atoms with van der Waals surface area (Å²) in [5.74, 6) is -2.16. The van der Waals surface area contributed by atoms with Gasteiger partial charge >= 0.3 is 0 Å². The minimum atomic E-state index is -1.03. The molecule has 2 aromatic rings. The number of hydrogen-bond acceptors (Lipinski definition) is 5. The Morgan fingerprint density at radius 3 is 2.56 bits per heavy atom. The molecule has 1 fully saturated rings. The molecule has 186 valence electrons. The SMILES string of the molecule is CC(C)C.O=C(CNC(=O)c1cc2cccc(F)c2[nH]1)NC(C[C@@H]1CCCNC1=O)C(=O)CO. The molecule has 1 aliphatic heterocycles. The van der Waals surface area contributed by atoms with Crippen LogP contribution in [0.1, 0.15) is 50.5 Å². The van der Waals surface area contributed by atoms with Gasteiger partial charge in [-0.15, -0.1) is 0 Å². The third-order valence-corrected chi connectivity index (χ3v) is 5.06. The van der Waals surface area contributed by atoms with E-state index in [4.69, 9.17) is 5.11 Å². The molecule has 0 spiro atoms. The van der Waals surface area contributed by atoms with E-state index >= 15 is 0 Å². The molecule has 34 heavy (non-hydrogen) atoms. The Morgan fingerprint density at radius 2 is 1.94 bits per heavy atom. The quantitative estimate of drug-likeness (QED) is 0.394. The number of fused-ring (bicyclic) bond motifs is 1. The van der Waals surface area contributed by atoms with Crippen molar-refractivity contribution in [2.24, 2.45) is 11.8 Å². The van der Waals surface area contributed by atoms with Gasteiger partial charge in [0, 0.05) is 17.8 Å². The summed E-state index contributed by atoms with van der Waals surface area (Å²) in [6.45, 7) is 5.87. The number of para-hydroxylation sites is 1. The van der Waals surface area contributed by atoms with Crippen LogP contribution in [-0.2, 0) is 14.4 Å². The maximum atomic E-state index is 13.7. The smallest absolute Gasteiger partial charge is 0.268 e. The fourth-order valence-electron chi connectivity index (χ4n) is 3.47. The molecular formula is C24H33FN4O5. The number of aliphatic hydroxyl groups is 1. The van der Waals surface area contributed by atoms with Crippen molar-refractivity contribution in [1.82, 2.24) is 20.9 Å². The Morgan fingerprint density at radius 1 is 1.24 bits per heavy atom. The molecule has 1 aromatic heterocycles. The van der Waals surface area contributed by atoms with Gasteiger partial charge in [0.1, 0.15) is 18.1 Å². The monoisotopic (exact) mass is 476 g/mol. The van der Waals surface area contributed by atoms with Crippen molar-refractivity contribution in [2.45, 2.75) is 46.1 Å². The first kappa shape index (κ1) is 27.0. The number of nitrogens with one attached hydrogen (secondary N) is 4. The third-order valence-electron chi connectivity index (χ3n) is 5.06. The topological polar surface area (TPSA) is 140 Å². The molecule has 0 radical (unpaired) electrons. The van der Waals surface area contributed by atoms with Gasteiger partial charge in [0.15, 0.2) is 5.78 Å². The van der Waals surface area contributed by atoms with E-state index in [1.165, 1.54) is 18.2 Å². The lowest BCUT2D eigenvalue weighted by Gasteiger charge is -2.26. The van der Waals surface area contributed by atoms with Crippen LogP contribution in [0.3, 0.4) is 0 Å². The van der Waals surface area contributed by atoms with E-state index in [1.807, 2.05) is 0 Å². The van der Waals surface area contributed by atoms with Crippen molar-refractivity contribution < 1.29 is 28.7 Å². The molecule has 9 nitrogen and oxygen atoms in total. The third kappa shape index (κ3) is 7.95. The molecule has 1 aliphatic rings. The van der Waals surface area contributed by atoms with Gasteiger partial charge in [-0.1, -0.05) is 32.9 Å². The highest BCUT2D eigenvalue weighted by atomic mass is 19.1. The molecule has 2 atom stereocenters. The maximum Gasteiger partial charge on any atom is 0.268 e. The summed E-state index contributed by atoms with van der Waals surface area (Å²) < 4.78 is 13.7. The number of rotatable bonds is 8. The summed E-state index contributed by atoms with van der Waals surface area (Å²) in [4.78, 5) is 51.1. The van der Waals surface area contributed by atoms with Crippen LogP contribution >= 0.6 is 0 Å². The van der Waals surface area contributed by atoms with Crippen molar-refractivity contribution in [3.05, 3.63) is 35.8 Å². The normalized spacial score (nSPS) is 16.3. The molecular weight excluding hydrogens is 443 g/mol. The van der Waals surface area contributed by atoms with Crippen molar-refractivity contribution >= 4 is 34.4 Å². The van der Waals surface area contributed by atoms with Gasteiger partial charge < -0.3 is 26.0 Å². The van der Waals surface area contributed by atoms with E-state index in [1.54, 1.807) is 6.07 Å². The second-order valence-corrected chi connectivity index (χ2v) is 8.91. The molecule has 5 N–H and O–H groups in total. The number of benzene rings is 1. The van der Waals surface area contributed by atoms with Gasteiger partial charge in [-0.05, 0) is 37.3 Å². The largest absolute Gasteiger partial charge is 0.389 e. The van der Waals surface area contributed by atoms with Crippen molar-refractivity contribution in [3.63, 3.8) is 0 Å². The predicted molar refractivity (Wildman–Crippen MR) is 125 cm³/mol. The minimum absolute atomic E-state index is 0.0756. The summed E-state index contributed by atoms with van der Waals surface area (Å²) in [7, 11) is 0. The number of aliphatic hydroxyl groups excluding tert-OH is 1. The Balaban J connectivity index is 0.000000945. The van der Waals surface area contributed by atoms with Crippen LogP contribution < -0.4 is 16.0 Å². The molecule has 1 aromatic carbocycles. The van der Waals surface area contributed by atoms with E-state index < -0.39 is 48.5 Å². The molecule has 3 rings (SSSR count). The molecule has 0 saturated carbocycles. The molecule has 1 unspecified atom stereocenters. The number of ketones is 1. The number of piperidine rings is 1. The predicted octanol–water partition coefficient (Wildman–Crippen LogP) is 1.66. The van der Waals surface area contributed by atoms with E-state index in [0.717, 1.165) is 12.3 Å². The summed E-state index contributed by atoms with van der Waals surface area (Å²) >= 11 is 0. The summed E-state index contributed by atoms with van der Waals surface area (Å²) in [5, 5.41) is 17.3. The fraction of sp³-hybridized carbons (Fsp3) is 0.500. The molecule has 3 amide bonds. The number of amides is 3. The first-order valence-electron chi connectivity index (χ1n) is 11.4. The van der Waals surface area contributed by atoms with Gasteiger partial charge in [0.05, 0.1) is 18.1 Å². The van der Waals surface area contributed by atoms with Crippen molar-refractivity contribution in [3.8, 4) is 0 Å². The van der Waals surface area contributed by atoms with Crippen LogP contribution in [0.15, 0.2) is 24.3 Å². The average molecular weight is 477 g/mol. The lowest BCUT2D eigenvalue weighted by molar-refractivity contribution is -0.131. The molecule has 2 heterocycles. The summed E-state index contributed by atoms with van der Waals surface area (Å²) in [6.07, 6.45) is 1.43. The first-order chi connectivity index (χ1) is 16.1. The lowest BCUT2D eigenvalue weighted by atomic mass is 9.90. The molecule has 0 aliphatic carbocycles. The first-order valence-corrected chi connectivity index (χ1v) is 11.4. The van der Waals surface area contributed by atoms with Crippen LogP contribution in [0.25, 0.3) is 10.9 Å². The van der Waals surface area contributed by atoms with Gasteiger partial charge in [-0.3, -0.25) is 19.2 Å². The summed E-state index contributed by atoms with van der Waals surface area (Å²) in [6, 6.07) is 4.86. The van der Waals surface area contributed by atoms with E-state index in [-0.39, 0.29) is 23.5 Å². The summed E-state index contributed by atoms with van der Waals surface area (Å²) in [5.41, 5.74) is 0.274. The Hall–Kier alpha value is -3.27. The maximum absolute atomic E-state index is 13.7. The minimum Gasteiger partial charge on any atom is -0.389 e. The van der Waals surface area contributed by atoms with Crippen LogP contribution in [0.5, 0.6) is 0 Å². The van der Waals surface area contributed by atoms with Crippen LogP contribution in [0.4, 0.5) is 4.39 Å². The zero-order valence-corrected chi connectivity index (χ0v) is 19.7. The zero-order valence-electron chi connectivity index (χ0n) is 19.7. The highest BCUT2D eigenvalue weighted by molar-refractivity contribution is 6.00. The molecule has 10 heteroatoms. The van der Waals surface area contributed by atoms with Gasteiger partial charge in [0.2, 0.25) is 11.8 Å². The van der Waals surface area contributed by atoms with Gasteiger partial charge in [-0.2, -0.15) is 0 Å². The number of aromatic amines is 1. The highest BCUT2D eigenvalue weighted by Gasteiger charge is 2.29. The van der Waals surface area contributed by atoms with E-state index in [2.05, 4.69) is 41.7 Å². The standard InChI is InChI=1S/C20H23FN4O5.C4H10/c21-13-5-1-3-11-7-15(25-18(11)13)20(30)23-9-17(28)24-14(16(27)10-26)8-12-4-2-6-22-19(12)29;1-4(2)3/h1,3,5,7,12,14,25-26H,2,4,6,8-10H2,(H,22,29)(H,23,30)(H,24,28);4H,1-3H3/t12-,14?;/m0./s1.